The largest absolute Gasteiger partial charge is 0.493 e. The summed E-state index contributed by atoms with van der Waals surface area (Å²) in [7, 11) is 3.30. The van der Waals surface area contributed by atoms with Crippen LogP contribution in [0.5, 0.6) is 11.5 Å². The molecule has 6 nitrogen and oxygen atoms in total. The van der Waals surface area contributed by atoms with E-state index in [4.69, 9.17) is 14.5 Å². The predicted octanol–water partition coefficient (Wildman–Crippen LogP) is 3.64. The molecule has 0 bridgehead atoms. The van der Waals surface area contributed by atoms with E-state index >= 15 is 0 Å². The Bertz CT molecular complexity index is 598. The topological polar surface area (TPSA) is 58.1 Å². The number of hydrogen-bond acceptors (Lipinski definition) is 4. The maximum atomic E-state index is 5.37. The minimum atomic E-state index is 0. The Kier molecular flexibility index (Phi) is 12.3. The second-order valence-electron chi connectivity index (χ2n) is 7.05. The molecule has 0 aliphatic carbocycles. The van der Waals surface area contributed by atoms with E-state index in [1.165, 1.54) is 25.8 Å². The number of nitrogens with zero attached hydrogens (tertiary/aromatic N) is 2. The number of hydrogen-bond donors (Lipinski definition) is 2. The van der Waals surface area contributed by atoms with E-state index in [0.29, 0.717) is 6.54 Å². The van der Waals surface area contributed by atoms with E-state index in [2.05, 4.69) is 29.4 Å². The molecule has 160 valence electrons. The SMILES string of the molecule is CCNC(=NCc1ccc(OC)c(OC)c1)NCCCN1CCCCC1C.I. The summed E-state index contributed by atoms with van der Waals surface area (Å²) in [5.41, 5.74) is 1.09. The Morgan fingerprint density at radius 1 is 1.18 bits per heavy atom. The van der Waals surface area contributed by atoms with Gasteiger partial charge in [-0.3, -0.25) is 0 Å². The molecule has 1 heterocycles. The summed E-state index contributed by atoms with van der Waals surface area (Å²) in [4.78, 5) is 7.31. The zero-order valence-corrected chi connectivity index (χ0v) is 20.1. The Morgan fingerprint density at radius 3 is 2.64 bits per heavy atom. The van der Waals surface area contributed by atoms with E-state index in [9.17, 15) is 0 Å². The lowest BCUT2D eigenvalue weighted by molar-refractivity contribution is 0.159. The van der Waals surface area contributed by atoms with Crippen LogP contribution in [-0.4, -0.2) is 57.3 Å². The van der Waals surface area contributed by atoms with Gasteiger partial charge < -0.3 is 25.0 Å². The quantitative estimate of drug-likeness (QED) is 0.233. The summed E-state index contributed by atoms with van der Waals surface area (Å²) in [6.07, 6.45) is 5.18. The van der Waals surface area contributed by atoms with E-state index < -0.39 is 0 Å². The first kappa shape index (κ1) is 24.8. The molecule has 0 amide bonds. The Balaban J connectivity index is 0.00000392. The maximum absolute atomic E-state index is 5.37. The van der Waals surface area contributed by atoms with Gasteiger partial charge >= 0.3 is 0 Å². The molecule has 0 saturated carbocycles. The number of rotatable bonds is 9. The zero-order chi connectivity index (χ0) is 19.5. The molecular weight excluding hydrogens is 467 g/mol. The van der Waals surface area contributed by atoms with Crippen LogP contribution >= 0.6 is 24.0 Å². The molecule has 0 radical (unpaired) electrons. The number of likely N-dealkylation sites (tertiary alicyclic amines) is 1. The number of aliphatic imine (C=N–C) groups is 1. The first-order valence-electron chi connectivity index (χ1n) is 10.1. The highest BCUT2D eigenvalue weighted by Gasteiger charge is 2.17. The summed E-state index contributed by atoms with van der Waals surface area (Å²) < 4.78 is 10.7. The summed E-state index contributed by atoms with van der Waals surface area (Å²) in [5.74, 6) is 2.33. The highest BCUT2D eigenvalue weighted by Crippen LogP contribution is 2.27. The first-order valence-corrected chi connectivity index (χ1v) is 10.1. The van der Waals surface area contributed by atoms with Gasteiger partial charge in [-0.05, 0) is 57.4 Å². The smallest absolute Gasteiger partial charge is 0.191 e. The maximum Gasteiger partial charge on any atom is 0.191 e. The first-order chi connectivity index (χ1) is 13.2. The number of methoxy groups -OCH3 is 2. The van der Waals surface area contributed by atoms with Crippen molar-refractivity contribution in [2.45, 2.75) is 52.1 Å². The molecule has 0 spiro atoms. The van der Waals surface area contributed by atoms with Crippen LogP contribution in [-0.2, 0) is 6.54 Å². The molecule has 1 saturated heterocycles. The minimum Gasteiger partial charge on any atom is -0.493 e. The fourth-order valence-corrected chi connectivity index (χ4v) is 3.47. The fourth-order valence-electron chi connectivity index (χ4n) is 3.47. The van der Waals surface area contributed by atoms with Gasteiger partial charge in [-0.15, -0.1) is 24.0 Å². The van der Waals surface area contributed by atoms with Crippen molar-refractivity contribution in [3.05, 3.63) is 23.8 Å². The van der Waals surface area contributed by atoms with Crippen molar-refractivity contribution in [1.29, 1.82) is 0 Å². The van der Waals surface area contributed by atoms with Gasteiger partial charge in [0.1, 0.15) is 0 Å². The molecular formula is C21H37IN4O2. The summed E-state index contributed by atoms with van der Waals surface area (Å²) in [6.45, 7) is 9.21. The number of ether oxygens (including phenoxy) is 2. The number of nitrogens with one attached hydrogen (secondary N) is 2. The van der Waals surface area contributed by atoms with Gasteiger partial charge in [0.25, 0.3) is 0 Å². The third kappa shape index (κ3) is 8.03. The van der Waals surface area contributed by atoms with Crippen LogP contribution in [0.15, 0.2) is 23.2 Å². The predicted molar refractivity (Wildman–Crippen MR) is 127 cm³/mol. The van der Waals surface area contributed by atoms with Crippen molar-refractivity contribution < 1.29 is 9.47 Å². The van der Waals surface area contributed by atoms with Crippen LogP contribution in [0.2, 0.25) is 0 Å². The molecule has 1 fully saturated rings. The molecule has 7 heteroatoms. The molecule has 1 aliphatic heterocycles. The molecule has 1 aromatic carbocycles. The van der Waals surface area contributed by atoms with Crippen molar-refractivity contribution in [3.8, 4) is 11.5 Å². The highest BCUT2D eigenvalue weighted by molar-refractivity contribution is 14.0. The molecule has 2 N–H and O–H groups in total. The molecule has 1 atom stereocenters. The monoisotopic (exact) mass is 504 g/mol. The molecule has 1 unspecified atom stereocenters. The average molecular weight is 504 g/mol. The van der Waals surface area contributed by atoms with Crippen LogP contribution in [0, 0.1) is 0 Å². The number of guanidine groups is 1. The molecule has 1 aromatic rings. The highest BCUT2D eigenvalue weighted by atomic mass is 127. The lowest BCUT2D eigenvalue weighted by Gasteiger charge is -2.33. The van der Waals surface area contributed by atoms with E-state index in [1.807, 2.05) is 18.2 Å². The number of piperidine rings is 1. The van der Waals surface area contributed by atoms with Crippen molar-refractivity contribution in [3.63, 3.8) is 0 Å². The fraction of sp³-hybridized carbons (Fsp3) is 0.667. The summed E-state index contributed by atoms with van der Waals surface area (Å²) in [6, 6.07) is 6.64. The summed E-state index contributed by atoms with van der Waals surface area (Å²) >= 11 is 0. The normalized spacial score (nSPS) is 17.6. The van der Waals surface area contributed by atoms with Crippen LogP contribution in [0.1, 0.15) is 45.1 Å². The number of halogens is 1. The molecule has 1 aliphatic rings. The van der Waals surface area contributed by atoms with Gasteiger partial charge in [-0.1, -0.05) is 12.5 Å². The zero-order valence-electron chi connectivity index (χ0n) is 17.8. The lowest BCUT2D eigenvalue weighted by atomic mass is 10.0. The second kappa shape index (κ2) is 13.9. The van der Waals surface area contributed by atoms with Gasteiger partial charge in [-0.25, -0.2) is 4.99 Å². The number of benzene rings is 1. The lowest BCUT2D eigenvalue weighted by Crippen LogP contribution is -2.41. The Morgan fingerprint density at radius 2 is 1.96 bits per heavy atom. The molecule has 28 heavy (non-hydrogen) atoms. The van der Waals surface area contributed by atoms with Gasteiger partial charge in [0.15, 0.2) is 17.5 Å². The summed E-state index contributed by atoms with van der Waals surface area (Å²) in [5, 5.41) is 6.77. The third-order valence-electron chi connectivity index (χ3n) is 5.07. The van der Waals surface area contributed by atoms with Crippen molar-refractivity contribution in [2.75, 3.05) is 40.4 Å². The minimum absolute atomic E-state index is 0. The Hall–Kier alpha value is -1.22. The van der Waals surface area contributed by atoms with Crippen molar-refractivity contribution in [2.24, 2.45) is 4.99 Å². The van der Waals surface area contributed by atoms with Crippen LogP contribution in [0.25, 0.3) is 0 Å². The van der Waals surface area contributed by atoms with Gasteiger partial charge in [-0.2, -0.15) is 0 Å². The second-order valence-corrected chi connectivity index (χ2v) is 7.05. The van der Waals surface area contributed by atoms with Crippen LogP contribution in [0.4, 0.5) is 0 Å². The third-order valence-corrected chi connectivity index (χ3v) is 5.07. The van der Waals surface area contributed by atoms with Crippen molar-refractivity contribution >= 4 is 29.9 Å². The molecule has 0 aromatic heterocycles. The van der Waals surface area contributed by atoms with E-state index in [0.717, 1.165) is 55.1 Å². The Labute approximate surface area is 187 Å². The van der Waals surface area contributed by atoms with Crippen molar-refractivity contribution in [1.82, 2.24) is 15.5 Å². The van der Waals surface area contributed by atoms with Gasteiger partial charge in [0.2, 0.25) is 0 Å². The van der Waals surface area contributed by atoms with Crippen LogP contribution in [0.3, 0.4) is 0 Å². The molecule has 2 rings (SSSR count). The van der Waals surface area contributed by atoms with Gasteiger partial charge in [0, 0.05) is 25.7 Å². The standard InChI is InChI=1S/C21H36N4O2.HI/c1-5-22-21(23-12-8-14-25-13-7-6-9-17(25)2)24-16-18-10-11-19(26-3)20(15-18)27-4;/h10-11,15,17H,5-9,12-14,16H2,1-4H3,(H2,22,23,24);1H. The average Bonchev–Trinajstić information content (AvgIpc) is 2.70. The van der Waals surface area contributed by atoms with E-state index in [-0.39, 0.29) is 24.0 Å². The van der Waals surface area contributed by atoms with Crippen LogP contribution < -0.4 is 20.1 Å². The van der Waals surface area contributed by atoms with E-state index in [1.54, 1.807) is 14.2 Å². The van der Waals surface area contributed by atoms with Gasteiger partial charge in [0.05, 0.1) is 20.8 Å².